The van der Waals surface area contributed by atoms with Crippen molar-refractivity contribution in [3.05, 3.63) is 71.1 Å². The molecule has 2 N–H and O–H groups in total. The molecule has 2 aromatic carbocycles. The zero-order chi connectivity index (χ0) is 14.2. The minimum atomic E-state index is 0. The first-order valence-electron chi connectivity index (χ1n) is 6.38. The van der Waals surface area contributed by atoms with Crippen LogP contribution in [0.15, 0.2) is 58.5 Å². The van der Waals surface area contributed by atoms with Gasteiger partial charge in [-0.3, -0.25) is 9.98 Å². The van der Waals surface area contributed by atoms with Crippen molar-refractivity contribution in [1.29, 1.82) is 0 Å². The molecular weight excluding hydrogens is 307 g/mol. The van der Waals surface area contributed by atoms with Gasteiger partial charge < -0.3 is 11.5 Å². The standard InChI is InChI=1S/C16H16N4.Ni/c17-15-7-3-1-5-13(15)11-19-9-10-20-12-14-6-2-4-8-16(14)18;/h1-8,11-12,17-18H,9-10H2;/q-2;+2. The number of nitrogens with one attached hydrogen (secondary N) is 2. The zero-order valence-corrected chi connectivity index (χ0v) is 12.4. The predicted octanol–water partition coefficient (Wildman–Crippen LogP) is 4.59. The van der Waals surface area contributed by atoms with Gasteiger partial charge in [-0.25, -0.2) is 0 Å². The fraction of sp³-hybridized carbons (Fsp3) is 0.125. The van der Waals surface area contributed by atoms with Crippen LogP contribution in [-0.4, -0.2) is 25.5 Å². The Morgan fingerprint density at radius 2 is 1.10 bits per heavy atom. The van der Waals surface area contributed by atoms with Gasteiger partial charge in [-0.2, -0.15) is 0 Å². The third kappa shape index (κ3) is 5.40. The maximum absolute atomic E-state index is 7.68. The molecule has 0 aromatic heterocycles. The fourth-order valence-corrected chi connectivity index (χ4v) is 1.66. The second-order valence-electron chi connectivity index (χ2n) is 4.25. The molecule has 0 bridgehead atoms. The Labute approximate surface area is 134 Å². The maximum Gasteiger partial charge on any atom is 2.00 e. The molecule has 0 fully saturated rings. The van der Waals surface area contributed by atoms with Crippen molar-refractivity contribution in [1.82, 2.24) is 0 Å². The van der Waals surface area contributed by atoms with Crippen LogP contribution in [-0.2, 0) is 16.5 Å². The molecular formula is C16H16N4Ni. The zero-order valence-electron chi connectivity index (χ0n) is 11.4. The van der Waals surface area contributed by atoms with E-state index in [9.17, 15) is 0 Å². The molecule has 0 amide bonds. The number of rotatable bonds is 5. The molecule has 2 aromatic rings. The van der Waals surface area contributed by atoms with Crippen LogP contribution in [0.5, 0.6) is 0 Å². The SMILES string of the molecule is [NH-]c1ccccc1C=NCCN=Cc1ccccc1[NH-].[Ni+2]. The average Bonchev–Trinajstić information content (AvgIpc) is 2.46. The summed E-state index contributed by atoms with van der Waals surface area (Å²) in [6.45, 7) is 1.15. The van der Waals surface area contributed by atoms with Gasteiger partial charge in [0.25, 0.3) is 0 Å². The normalized spacial score (nSPS) is 10.9. The first kappa shape index (κ1) is 16.9. The van der Waals surface area contributed by atoms with Crippen molar-refractivity contribution in [3.8, 4) is 0 Å². The topological polar surface area (TPSA) is 72.3 Å². The van der Waals surface area contributed by atoms with Crippen LogP contribution in [0.3, 0.4) is 0 Å². The molecule has 0 aliphatic rings. The molecule has 0 spiro atoms. The fourth-order valence-electron chi connectivity index (χ4n) is 1.66. The molecule has 4 nitrogen and oxygen atoms in total. The summed E-state index contributed by atoms with van der Waals surface area (Å²) in [6, 6.07) is 14.7. The van der Waals surface area contributed by atoms with E-state index in [0.717, 1.165) is 11.1 Å². The summed E-state index contributed by atoms with van der Waals surface area (Å²) >= 11 is 0. The summed E-state index contributed by atoms with van der Waals surface area (Å²) in [5, 5.41) is 0. The third-order valence-electron chi connectivity index (χ3n) is 2.74. The van der Waals surface area contributed by atoms with Gasteiger partial charge in [-0.1, -0.05) is 48.5 Å². The van der Waals surface area contributed by atoms with Crippen molar-refractivity contribution >= 4 is 23.8 Å². The van der Waals surface area contributed by atoms with Gasteiger partial charge in [0.1, 0.15) is 0 Å². The first-order chi connectivity index (χ1) is 9.77. The van der Waals surface area contributed by atoms with E-state index in [4.69, 9.17) is 11.5 Å². The quantitative estimate of drug-likeness (QED) is 0.439. The van der Waals surface area contributed by atoms with E-state index < -0.39 is 0 Å². The molecule has 0 saturated heterocycles. The Morgan fingerprint density at radius 1 is 0.714 bits per heavy atom. The summed E-state index contributed by atoms with van der Waals surface area (Å²) < 4.78 is 0. The van der Waals surface area contributed by atoms with E-state index in [1.807, 2.05) is 36.4 Å². The Hall–Kier alpha value is -2.13. The summed E-state index contributed by atoms with van der Waals surface area (Å²) in [6.07, 6.45) is 3.41. The van der Waals surface area contributed by atoms with Crippen molar-refractivity contribution in [2.24, 2.45) is 9.98 Å². The van der Waals surface area contributed by atoms with Gasteiger partial charge in [-0.05, 0) is 11.1 Å². The van der Waals surface area contributed by atoms with Gasteiger partial charge in [0, 0.05) is 12.4 Å². The summed E-state index contributed by atoms with van der Waals surface area (Å²) in [5.74, 6) is 0. The monoisotopic (exact) mass is 322 g/mol. The molecule has 0 saturated carbocycles. The van der Waals surface area contributed by atoms with Crippen LogP contribution in [0.1, 0.15) is 11.1 Å². The van der Waals surface area contributed by atoms with Gasteiger partial charge in [-0.15, -0.1) is 11.4 Å². The molecule has 0 atom stereocenters. The maximum atomic E-state index is 7.68. The van der Waals surface area contributed by atoms with E-state index in [2.05, 4.69) is 9.98 Å². The van der Waals surface area contributed by atoms with E-state index in [1.54, 1.807) is 24.6 Å². The molecule has 5 heteroatoms. The third-order valence-corrected chi connectivity index (χ3v) is 2.74. The van der Waals surface area contributed by atoms with Crippen molar-refractivity contribution < 1.29 is 16.5 Å². The number of aliphatic imine (C=N–C) groups is 2. The van der Waals surface area contributed by atoms with Gasteiger partial charge in [0.2, 0.25) is 0 Å². The van der Waals surface area contributed by atoms with Crippen molar-refractivity contribution in [2.75, 3.05) is 13.1 Å². The van der Waals surface area contributed by atoms with Crippen molar-refractivity contribution in [2.45, 2.75) is 0 Å². The second kappa shape index (κ2) is 8.93. The van der Waals surface area contributed by atoms with Crippen molar-refractivity contribution in [3.63, 3.8) is 0 Å². The molecule has 0 aliphatic carbocycles. The molecule has 110 valence electrons. The van der Waals surface area contributed by atoms with Gasteiger partial charge in [0.05, 0.1) is 13.1 Å². The predicted molar refractivity (Wildman–Crippen MR) is 85.8 cm³/mol. The van der Waals surface area contributed by atoms with E-state index in [-0.39, 0.29) is 16.5 Å². The summed E-state index contributed by atoms with van der Waals surface area (Å²) in [7, 11) is 0. The Balaban J connectivity index is 0.00000220. The Morgan fingerprint density at radius 3 is 1.48 bits per heavy atom. The Bertz CT molecular complexity index is 568. The molecule has 0 unspecified atom stereocenters. The second-order valence-corrected chi connectivity index (χ2v) is 4.25. The van der Waals surface area contributed by atoms with Crippen LogP contribution >= 0.6 is 0 Å². The van der Waals surface area contributed by atoms with E-state index >= 15 is 0 Å². The van der Waals surface area contributed by atoms with E-state index in [1.165, 1.54) is 0 Å². The first-order valence-corrected chi connectivity index (χ1v) is 6.38. The van der Waals surface area contributed by atoms with Gasteiger partial charge >= 0.3 is 16.5 Å². The van der Waals surface area contributed by atoms with Crippen LogP contribution < -0.4 is 0 Å². The number of nitrogens with zero attached hydrogens (tertiary/aromatic N) is 2. The summed E-state index contributed by atoms with van der Waals surface area (Å²) in [5.41, 5.74) is 17.9. The minimum absolute atomic E-state index is 0. The Kier molecular flexibility index (Phi) is 7.20. The smallest absolute Gasteiger partial charge is 0.698 e. The number of hydrogen-bond acceptors (Lipinski definition) is 2. The van der Waals surface area contributed by atoms with Crippen LogP contribution in [0.25, 0.3) is 11.5 Å². The molecule has 0 aliphatic heterocycles. The molecule has 21 heavy (non-hydrogen) atoms. The van der Waals surface area contributed by atoms with Crippen LogP contribution in [0.2, 0.25) is 0 Å². The minimum Gasteiger partial charge on any atom is -0.698 e. The van der Waals surface area contributed by atoms with Crippen LogP contribution in [0, 0.1) is 0 Å². The average molecular weight is 323 g/mol. The van der Waals surface area contributed by atoms with E-state index in [0.29, 0.717) is 24.5 Å². The molecule has 2 rings (SSSR count). The van der Waals surface area contributed by atoms with Crippen LogP contribution in [0.4, 0.5) is 11.4 Å². The number of hydrogen-bond donors (Lipinski definition) is 0. The largest absolute Gasteiger partial charge is 2.00 e. The van der Waals surface area contributed by atoms with Gasteiger partial charge in [0.15, 0.2) is 0 Å². The number of benzene rings is 2. The summed E-state index contributed by atoms with van der Waals surface area (Å²) in [4.78, 5) is 8.50. The molecule has 0 radical (unpaired) electrons. The molecule has 0 heterocycles.